The molecular formula is C26H29N3O3. The second kappa shape index (κ2) is 6.36. The highest BCUT2D eigenvalue weighted by atomic mass is 16.5. The molecule has 1 aromatic heterocycles. The van der Waals surface area contributed by atoms with Crippen LogP contribution in [-0.2, 0) is 12.1 Å². The number of carbonyl (C=O) groups is 1. The number of aromatic carboxylic acids is 1. The fraction of sp³-hybridized carbons (Fsp3) is 0.423. The third kappa shape index (κ3) is 2.57. The molecule has 2 unspecified atom stereocenters. The molecule has 0 amide bonds. The Bertz CT molecular complexity index is 1270. The molecule has 2 aromatic carbocycles. The van der Waals surface area contributed by atoms with E-state index < -0.39 is 17.6 Å². The minimum Gasteiger partial charge on any atom is -0.493 e. The van der Waals surface area contributed by atoms with Crippen LogP contribution in [0.3, 0.4) is 0 Å². The Hall–Kier alpha value is -2.83. The van der Waals surface area contributed by atoms with E-state index in [1.807, 2.05) is 0 Å². The van der Waals surface area contributed by atoms with Crippen molar-refractivity contribution in [3.05, 3.63) is 64.8 Å². The predicted molar refractivity (Wildman–Crippen MR) is 123 cm³/mol. The van der Waals surface area contributed by atoms with Crippen molar-refractivity contribution >= 4 is 16.9 Å². The molecule has 3 atom stereocenters. The van der Waals surface area contributed by atoms with Crippen LogP contribution in [0.1, 0.15) is 65.8 Å². The lowest BCUT2D eigenvalue weighted by Crippen LogP contribution is -2.54. The van der Waals surface area contributed by atoms with E-state index >= 15 is 0 Å². The third-order valence-electron chi connectivity index (χ3n) is 7.81. The first-order valence-corrected chi connectivity index (χ1v) is 11.4. The lowest BCUT2D eigenvalue weighted by atomic mass is 9.65. The molecule has 0 radical (unpaired) electrons. The number of aromatic nitrogens is 1. The SMILES string of the molecule is CC1(C)COc2cc(C(=O)O)cc3c2C1[C@@](N)(c1cc2ccccc2n1CC1CC1)C3N. The van der Waals surface area contributed by atoms with Crippen LogP contribution < -0.4 is 16.2 Å². The van der Waals surface area contributed by atoms with Gasteiger partial charge in [-0.2, -0.15) is 0 Å². The maximum Gasteiger partial charge on any atom is 0.335 e. The molecule has 0 bridgehead atoms. The predicted octanol–water partition coefficient (Wildman–Crippen LogP) is 4.12. The van der Waals surface area contributed by atoms with E-state index in [1.165, 1.54) is 18.4 Å². The minimum atomic E-state index is -0.987. The summed E-state index contributed by atoms with van der Waals surface area (Å²) in [4.78, 5) is 11.8. The van der Waals surface area contributed by atoms with Crippen molar-refractivity contribution in [2.24, 2.45) is 22.8 Å². The van der Waals surface area contributed by atoms with Crippen molar-refractivity contribution < 1.29 is 14.6 Å². The number of nitrogens with zero attached hydrogens (tertiary/aromatic N) is 1. The molecular weight excluding hydrogens is 402 g/mol. The topological polar surface area (TPSA) is 103 Å². The van der Waals surface area contributed by atoms with Crippen LogP contribution in [0, 0.1) is 11.3 Å². The first-order valence-electron chi connectivity index (χ1n) is 11.4. The summed E-state index contributed by atoms with van der Waals surface area (Å²) in [5.41, 5.74) is 17.4. The van der Waals surface area contributed by atoms with Crippen LogP contribution in [0.25, 0.3) is 10.9 Å². The minimum absolute atomic E-state index is 0.0890. The van der Waals surface area contributed by atoms with Gasteiger partial charge in [-0.15, -0.1) is 0 Å². The lowest BCUT2D eigenvalue weighted by Gasteiger charge is -2.46. The molecule has 5 N–H and O–H groups in total. The first kappa shape index (κ1) is 19.8. The van der Waals surface area contributed by atoms with Crippen LogP contribution in [-0.4, -0.2) is 22.2 Å². The van der Waals surface area contributed by atoms with Gasteiger partial charge in [0, 0.05) is 34.7 Å². The molecule has 166 valence electrons. The summed E-state index contributed by atoms with van der Waals surface area (Å²) in [7, 11) is 0. The lowest BCUT2D eigenvalue weighted by molar-refractivity contribution is 0.0692. The molecule has 1 fully saturated rings. The van der Waals surface area contributed by atoms with Crippen molar-refractivity contribution in [1.29, 1.82) is 0 Å². The number of ether oxygens (including phenoxy) is 1. The summed E-state index contributed by atoms with van der Waals surface area (Å²) in [6.07, 6.45) is 2.48. The number of carboxylic acid groups (broad SMARTS) is 1. The average molecular weight is 432 g/mol. The number of benzene rings is 2. The van der Waals surface area contributed by atoms with Crippen LogP contribution in [0.5, 0.6) is 5.75 Å². The molecule has 3 aromatic rings. The number of fused-ring (bicyclic) bond motifs is 1. The highest BCUT2D eigenvalue weighted by molar-refractivity contribution is 5.89. The van der Waals surface area contributed by atoms with Gasteiger partial charge in [-0.05, 0) is 54.0 Å². The van der Waals surface area contributed by atoms with E-state index in [0.717, 1.165) is 28.8 Å². The van der Waals surface area contributed by atoms with Gasteiger partial charge in [0.2, 0.25) is 0 Å². The monoisotopic (exact) mass is 431 g/mol. The van der Waals surface area contributed by atoms with E-state index in [-0.39, 0.29) is 16.9 Å². The normalized spacial score (nSPS) is 27.9. The van der Waals surface area contributed by atoms with Crippen LogP contribution in [0.2, 0.25) is 0 Å². The molecule has 6 nitrogen and oxygen atoms in total. The van der Waals surface area contributed by atoms with Gasteiger partial charge in [0.25, 0.3) is 0 Å². The molecule has 6 rings (SSSR count). The molecule has 3 aliphatic rings. The van der Waals surface area contributed by atoms with E-state index in [1.54, 1.807) is 12.1 Å². The molecule has 1 saturated carbocycles. The summed E-state index contributed by atoms with van der Waals surface area (Å²) in [5, 5.41) is 10.8. The number of para-hydroxylation sites is 1. The van der Waals surface area contributed by atoms with E-state index in [2.05, 4.69) is 48.7 Å². The third-order valence-corrected chi connectivity index (χ3v) is 7.81. The quantitative estimate of drug-likeness (QED) is 0.577. The fourth-order valence-electron chi connectivity index (χ4n) is 6.15. The Morgan fingerprint density at radius 2 is 1.97 bits per heavy atom. The van der Waals surface area contributed by atoms with Crippen molar-refractivity contribution in [3.8, 4) is 5.75 Å². The zero-order chi connectivity index (χ0) is 22.4. The highest BCUT2D eigenvalue weighted by Crippen LogP contribution is 2.63. The molecule has 6 heteroatoms. The molecule has 0 saturated heterocycles. The van der Waals surface area contributed by atoms with Crippen LogP contribution in [0.4, 0.5) is 0 Å². The second-order valence-corrected chi connectivity index (χ2v) is 10.5. The van der Waals surface area contributed by atoms with Gasteiger partial charge in [0.15, 0.2) is 0 Å². The van der Waals surface area contributed by atoms with E-state index in [0.29, 0.717) is 18.3 Å². The number of carboxylic acids is 1. The summed E-state index contributed by atoms with van der Waals surface area (Å²) in [6.45, 7) is 5.73. The fourth-order valence-corrected chi connectivity index (χ4v) is 6.15. The molecule has 1 aliphatic heterocycles. The van der Waals surface area contributed by atoms with E-state index in [9.17, 15) is 9.90 Å². The number of rotatable bonds is 4. The molecule has 2 heterocycles. The van der Waals surface area contributed by atoms with Gasteiger partial charge in [-0.1, -0.05) is 32.0 Å². The number of hydrogen-bond acceptors (Lipinski definition) is 4. The highest BCUT2D eigenvalue weighted by Gasteiger charge is 2.60. The summed E-state index contributed by atoms with van der Waals surface area (Å²) in [6, 6.07) is 13.4. The summed E-state index contributed by atoms with van der Waals surface area (Å²) < 4.78 is 8.46. The maximum absolute atomic E-state index is 11.8. The summed E-state index contributed by atoms with van der Waals surface area (Å²) in [5.74, 6) is 0.203. The Kier molecular flexibility index (Phi) is 3.94. The Morgan fingerprint density at radius 1 is 1.22 bits per heavy atom. The average Bonchev–Trinajstić information content (AvgIpc) is 3.45. The van der Waals surface area contributed by atoms with Crippen LogP contribution >= 0.6 is 0 Å². The Labute approximate surface area is 187 Å². The zero-order valence-electron chi connectivity index (χ0n) is 18.5. The smallest absolute Gasteiger partial charge is 0.335 e. The van der Waals surface area contributed by atoms with Gasteiger partial charge in [-0.25, -0.2) is 4.79 Å². The summed E-state index contributed by atoms with van der Waals surface area (Å²) >= 11 is 0. The Morgan fingerprint density at radius 3 is 2.69 bits per heavy atom. The standard InChI is InChI=1S/C26H29N3O3/c1-25(2)13-32-19-10-16(24(30)31)9-17-21(19)22(25)26(28,23(17)27)20-11-15-5-3-4-6-18(15)29(20)12-14-7-8-14/h3-6,9-11,14,22-23H,7-8,12-13,27-28H2,1-2H3,(H,30,31)/t22?,23?,26-/m0/s1. The van der Waals surface area contributed by atoms with Gasteiger partial charge in [0.05, 0.1) is 23.8 Å². The van der Waals surface area contributed by atoms with Gasteiger partial charge in [-0.3, -0.25) is 0 Å². The second-order valence-electron chi connectivity index (χ2n) is 10.5. The maximum atomic E-state index is 11.8. The molecule has 2 aliphatic carbocycles. The van der Waals surface area contributed by atoms with Crippen molar-refractivity contribution in [1.82, 2.24) is 4.57 Å². The van der Waals surface area contributed by atoms with E-state index in [4.69, 9.17) is 16.2 Å². The molecule has 32 heavy (non-hydrogen) atoms. The van der Waals surface area contributed by atoms with Gasteiger partial charge < -0.3 is 25.9 Å². The van der Waals surface area contributed by atoms with Gasteiger partial charge in [0.1, 0.15) is 5.75 Å². The van der Waals surface area contributed by atoms with Crippen molar-refractivity contribution in [2.75, 3.05) is 6.61 Å². The Balaban J connectivity index is 1.63. The molecule has 0 spiro atoms. The van der Waals surface area contributed by atoms with Gasteiger partial charge >= 0.3 is 5.97 Å². The number of hydrogen-bond donors (Lipinski definition) is 3. The van der Waals surface area contributed by atoms with Crippen molar-refractivity contribution in [2.45, 2.75) is 50.7 Å². The first-order chi connectivity index (χ1) is 15.2. The largest absolute Gasteiger partial charge is 0.493 e. The number of nitrogens with two attached hydrogens (primary N) is 2. The van der Waals surface area contributed by atoms with Crippen LogP contribution in [0.15, 0.2) is 42.5 Å². The van der Waals surface area contributed by atoms with Crippen molar-refractivity contribution in [3.63, 3.8) is 0 Å². The zero-order valence-corrected chi connectivity index (χ0v) is 18.5.